The van der Waals surface area contributed by atoms with E-state index in [4.69, 9.17) is 0 Å². The second-order valence-electron chi connectivity index (χ2n) is 4.45. The van der Waals surface area contributed by atoms with Crippen molar-refractivity contribution < 1.29 is 4.79 Å². The average Bonchev–Trinajstić information content (AvgIpc) is 2.45. The molecule has 0 aromatic carbocycles. The summed E-state index contributed by atoms with van der Waals surface area (Å²) in [5.74, 6) is 0.134. The number of Topliss-reactive ketones (excluding diaryl/α,β-unsaturated/α-hetero) is 1. The number of carbonyl (C=O) groups excluding carboxylic acids is 1. The molecule has 0 fully saturated rings. The van der Waals surface area contributed by atoms with Crippen molar-refractivity contribution in [3.8, 4) is 0 Å². The van der Waals surface area contributed by atoms with Crippen LogP contribution in [0.3, 0.4) is 0 Å². The Hall–Kier alpha value is -0.700. The van der Waals surface area contributed by atoms with Crippen LogP contribution in [0, 0.1) is 0 Å². The smallest absolute Gasteiger partial charge is 0.171 e. The Morgan fingerprint density at radius 2 is 2.00 bits per heavy atom. The minimum atomic E-state index is 0.0439. The predicted octanol–water partition coefficient (Wildman–Crippen LogP) is 3.21. The molecule has 1 heterocycles. The van der Waals surface area contributed by atoms with Crippen LogP contribution in [0.4, 0.5) is 0 Å². The number of aromatic nitrogens is 1. The van der Waals surface area contributed by atoms with E-state index in [1.165, 1.54) is 11.3 Å². The molecule has 0 amide bonds. The third-order valence-electron chi connectivity index (χ3n) is 1.99. The maximum Gasteiger partial charge on any atom is 0.171 e. The summed E-state index contributed by atoms with van der Waals surface area (Å²) < 4.78 is 0. The molecule has 0 aliphatic heterocycles. The molecule has 3 heteroatoms. The van der Waals surface area contributed by atoms with Gasteiger partial charge in [-0.1, -0.05) is 27.7 Å². The van der Waals surface area contributed by atoms with Crippen molar-refractivity contribution in [2.24, 2.45) is 0 Å². The van der Waals surface area contributed by atoms with E-state index in [-0.39, 0.29) is 11.2 Å². The highest BCUT2D eigenvalue weighted by molar-refractivity contribution is 7.14. The molecule has 0 aliphatic carbocycles. The second kappa shape index (κ2) is 3.81. The minimum absolute atomic E-state index is 0.0439. The van der Waals surface area contributed by atoms with Crippen molar-refractivity contribution in [3.63, 3.8) is 0 Å². The molecule has 78 valence electrons. The van der Waals surface area contributed by atoms with Gasteiger partial charge in [0.1, 0.15) is 0 Å². The topological polar surface area (TPSA) is 30.0 Å². The van der Waals surface area contributed by atoms with Crippen LogP contribution in [0.15, 0.2) is 0 Å². The number of aryl methyl sites for hydroxylation is 1. The average molecular weight is 211 g/mol. The van der Waals surface area contributed by atoms with Gasteiger partial charge in [-0.3, -0.25) is 4.79 Å². The molecule has 0 atom stereocenters. The first-order valence-electron chi connectivity index (χ1n) is 4.87. The molecule has 0 N–H and O–H groups in total. The molecule has 0 spiro atoms. The molecule has 0 bridgehead atoms. The molecule has 14 heavy (non-hydrogen) atoms. The Balaban J connectivity index is 3.20. The Kier molecular flexibility index (Phi) is 3.10. The molecular formula is C11H17NOS. The highest BCUT2D eigenvalue weighted by Crippen LogP contribution is 2.29. The van der Waals surface area contributed by atoms with Crippen molar-refractivity contribution in [2.75, 3.05) is 0 Å². The lowest BCUT2D eigenvalue weighted by Gasteiger charge is -2.13. The summed E-state index contributed by atoms with van der Waals surface area (Å²) in [4.78, 5) is 16.7. The lowest BCUT2D eigenvalue weighted by Crippen LogP contribution is -2.10. The minimum Gasteiger partial charge on any atom is -0.294 e. The number of rotatable bonds is 2. The fraction of sp³-hybridized carbons (Fsp3) is 0.636. The largest absolute Gasteiger partial charge is 0.294 e. The van der Waals surface area contributed by atoms with E-state index < -0.39 is 0 Å². The zero-order chi connectivity index (χ0) is 10.9. The van der Waals surface area contributed by atoms with Gasteiger partial charge in [0.2, 0.25) is 0 Å². The standard InChI is InChI=1S/C11H17NOS/c1-6-8-9(7(2)13)14-10(12-8)11(3,4)5/h6H2,1-5H3. The van der Waals surface area contributed by atoms with E-state index in [1.807, 2.05) is 6.92 Å². The maximum atomic E-state index is 11.3. The fourth-order valence-electron chi connectivity index (χ4n) is 1.19. The normalized spacial score (nSPS) is 11.8. The number of thiazole rings is 1. The number of ketones is 1. The van der Waals surface area contributed by atoms with Crippen molar-refractivity contribution in [1.82, 2.24) is 4.98 Å². The summed E-state index contributed by atoms with van der Waals surface area (Å²) in [6.07, 6.45) is 0.835. The summed E-state index contributed by atoms with van der Waals surface area (Å²) >= 11 is 1.54. The first-order chi connectivity index (χ1) is 6.36. The summed E-state index contributed by atoms with van der Waals surface area (Å²) in [5.41, 5.74) is 0.995. The zero-order valence-corrected chi connectivity index (χ0v) is 10.3. The van der Waals surface area contributed by atoms with Gasteiger partial charge in [-0.25, -0.2) is 4.98 Å². The van der Waals surface area contributed by atoms with Gasteiger partial charge in [0.25, 0.3) is 0 Å². The monoisotopic (exact) mass is 211 g/mol. The lowest BCUT2D eigenvalue weighted by atomic mass is 9.98. The van der Waals surface area contributed by atoms with E-state index in [1.54, 1.807) is 6.92 Å². The van der Waals surface area contributed by atoms with Crippen LogP contribution in [0.5, 0.6) is 0 Å². The van der Waals surface area contributed by atoms with Crippen molar-refractivity contribution in [3.05, 3.63) is 15.6 Å². The fourth-order valence-corrected chi connectivity index (χ4v) is 2.29. The summed E-state index contributed by atoms with van der Waals surface area (Å²) in [5, 5.41) is 1.06. The quantitative estimate of drug-likeness (QED) is 0.703. The van der Waals surface area contributed by atoms with E-state index in [0.717, 1.165) is 22.0 Å². The van der Waals surface area contributed by atoms with Crippen molar-refractivity contribution in [2.45, 2.75) is 46.5 Å². The third-order valence-corrected chi connectivity index (χ3v) is 3.62. The first-order valence-corrected chi connectivity index (χ1v) is 5.69. The number of hydrogen-bond acceptors (Lipinski definition) is 3. The van der Waals surface area contributed by atoms with Gasteiger partial charge in [-0.05, 0) is 6.42 Å². The Labute approximate surface area is 89.4 Å². The van der Waals surface area contributed by atoms with E-state index in [0.29, 0.717) is 0 Å². The highest BCUT2D eigenvalue weighted by Gasteiger charge is 2.22. The Morgan fingerprint density at radius 1 is 1.43 bits per heavy atom. The molecule has 1 aromatic rings. The van der Waals surface area contributed by atoms with Crippen LogP contribution in [0.1, 0.15) is 55.0 Å². The molecule has 0 aliphatic rings. The molecule has 0 saturated heterocycles. The Bertz CT molecular complexity index is 347. The Morgan fingerprint density at radius 3 is 2.29 bits per heavy atom. The van der Waals surface area contributed by atoms with Gasteiger partial charge in [0.05, 0.1) is 15.6 Å². The molecular weight excluding hydrogens is 194 g/mol. The molecule has 0 unspecified atom stereocenters. The molecule has 1 rings (SSSR count). The molecule has 1 aromatic heterocycles. The van der Waals surface area contributed by atoms with E-state index >= 15 is 0 Å². The predicted molar refractivity (Wildman–Crippen MR) is 60.2 cm³/mol. The first kappa shape index (κ1) is 11.4. The second-order valence-corrected chi connectivity index (χ2v) is 5.45. The van der Waals surface area contributed by atoms with E-state index in [2.05, 4.69) is 25.8 Å². The van der Waals surface area contributed by atoms with Crippen LogP contribution >= 0.6 is 11.3 Å². The van der Waals surface area contributed by atoms with Crippen molar-refractivity contribution in [1.29, 1.82) is 0 Å². The van der Waals surface area contributed by atoms with Crippen LogP contribution < -0.4 is 0 Å². The van der Waals surface area contributed by atoms with Crippen molar-refractivity contribution >= 4 is 17.1 Å². The molecule has 2 nitrogen and oxygen atoms in total. The molecule has 0 saturated carbocycles. The molecule has 0 radical (unpaired) electrons. The van der Waals surface area contributed by atoms with E-state index in [9.17, 15) is 4.79 Å². The highest BCUT2D eigenvalue weighted by atomic mass is 32.1. The van der Waals surface area contributed by atoms with Gasteiger partial charge in [0.15, 0.2) is 5.78 Å². The summed E-state index contributed by atoms with van der Waals surface area (Å²) in [6, 6.07) is 0. The number of carbonyl (C=O) groups is 1. The maximum absolute atomic E-state index is 11.3. The third kappa shape index (κ3) is 2.21. The summed E-state index contributed by atoms with van der Waals surface area (Å²) in [7, 11) is 0. The van der Waals surface area contributed by atoms with Gasteiger partial charge < -0.3 is 0 Å². The zero-order valence-electron chi connectivity index (χ0n) is 9.47. The van der Waals surface area contributed by atoms with Crippen LogP contribution in [0.2, 0.25) is 0 Å². The number of hydrogen-bond donors (Lipinski definition) is 0. The number of nitrogens with zero attached hydrogens (tertiary/aromatic N) is 1. The van der Waals surface area contributed by atoms with Crippen LogP contribution in [0.25, 0.3) is 0 Å². The van der Waals surface area contributed by atoms with Crippen LogP contribution in [-0.4, -0.2) is 10.8 Å². The van der Waals surface area contributed by atoms with Gasteiger partial charge in [0, 0.05) is 12.3 Å². The van der Waals surface area contributed by atoms with Gasteiger partial charge >= 0.3 is 0 Å². The SMILES string of the molecule is CCc1nc(C(C)(C)C)sc1C(C)=O. The van der Waals surface area contributed by atoms with Gasteiger partial charge in [-0.15, -0.1) is 11.3 Å². The van der Waals surface area contributed by atoms with Gasteiger partial charge in [-0.2, -0.15) is 0 Å². The summed E-state index contributed by atoms with van der Waals surface area (Å²) in [6.45, 7) is 10.0. The van der Waals surface area contributed by atoms with Crippen LogP contribution in [-0.2, 0) is 11.8 Å². The lowest BCUT2D eigenvalue weighted by molar-refractivity contribution is 0.102.